The minimum Gasteiger partial charge on any atom is -0.358 e. The van der Waals surface area contributed by atoms with Gasteiger partial charge in [-0.25, -0.2) is 12.2 Å². The average Bonchev–Trinajstić information content (AvgIpc) is 1.76. The summed E-state index contributed by atoms with van der Waals surface area (Å²) in [6.07, 6.45) is 10.0. The molecule has 1 rings (SSSR count). The Morgan fingerprint density at radius 3 is 1.21 bits per heavy atom. The molecule has 0 aromatic carbocycles. The van der Waals surface area contributed by atoms with Gasteiger partial charge in [-0.3, -0.25) is 6.08 Å². The van der Waals surface area contributed by atoms with Crippen LogP contribution in [0.15, 0.2) is 18.2 Å². The molecule has 0 heterocycles. The van der Waals surface area contributed by atoms with E-state index in [4.69, 9.17) is 0 Å². The van der Waals surface area contributed by atoms with E-state index in [1.165, 1.54) is 0 Å². The van der Waals surface area contributed by atoms with Crippen molar-refractivity contribution in [2.75, 3.05) is 0 Å². The van der Waals surface area contributed by atoms with E-state index in [9.17, 15) is 0 Å². The molecule has 0 aromatic heterocycles. The minimum absolute atomic E-state index is 0. The zero-order chi connectivity index (χ0) is 3.54. The first-order chi connectivity index (χ1) is 2.50. The Morgan fingerprint density at radius 2 is 1.14 bits per heavy atom. The molecule has 0 saturated heterocycles. The first kappa shape index (κ1) is 70.2. The quantitative estimate of drug-likeness (QED) is 0.253. The van der Waals surface area contributed by atoms with Crippen molar-refractivity contribution in [3.63, 3.8) is 0 Å². The van der Waals surface area contributed by atoms with Crippen LogP contribution in [0.25, 0.3) is 0 Å². The molecular formula is C10H23I3Zr-6. The SMILES string of the molecule is I.I.I.[C-]1=CC=CC1.[CH3-].[CH3-].[CH3-].[CH3-].[CH3-].[Zr]. The van der Waals surface area contributed by atoms with E-state index in [-0.39, 0.29) is 135 Å². The second-order valence-corrected chi connectivity index (χ2v) is 1.00. The van der Waals surface area contributed by atoms with Crippen molar-refractivity contribution in [2.24, 2.45) is 0 Å². The first-order valence-corrected chi connectivity index (χ1v) is 1.72. The van der Waals surface area contributed by atoms with E-state index in [1.807, 2.05) is 12.2 Å². The van der Waals surface area contributed by atoms with E-state index in [2.05, 4.69) is 12.2 Å². The standard InChI is InChI=1S/C5H5.5CH3.3HI.Zr/c1-2-4-5-3-1;;;;;;;;;/h1-3H,4H2;5*1H3;3*1H;/q6*-1;;;;. The fraction of sp³-hybridized carbons (Fsp3) is 0.100. The second-order valence-electron chi connectivity index (χ2n) is 1.00. The molecule has 0 bridgehead atoms. The van der Waals surface area contributed by atoms with Crippen LogP contribution in [0, 0.1) is 43.2 Å². The number of allylic oxidation sites excluding steroid dienone is 4. The molecule has 0 fully saturated rings. The van der Waals surface area contributed by atoms with Crippen LogP contribution in [0.2, 0.25) is 0 Å². The van der Waals surface area contributed by atoms with Gasteiger partial charge < -0.3 is 37.1 Å². The monoisotopic (exact) mass is 614 g/mol. The topological polar surface area (TPSA) is 0 Å². The molecule has 1 aliphatic carbocycles. The Labute approximate surface area is 163 Å². The zero-order valence-corrected chi connectivity index (χ0v) is 19.1. The maximum Gasteiger partial charge on any atom is 0 e. The summed E-state index contributed by atoms with van der Waals surface area (Å²) in [5.41, 5.74) is 0. The zero-order valence-electron chi connectivity index (χ0n) is 9.66. The van der Waals surface area contributed by atoms with Crippen molar-refractivity contribution >= 4 is 71.9 Å². The van der Waals surface area contributed by atoms with E-state index < -0.39 is 0 Å². The van der Waals surface area contributed by atoms with Crippen LogP contribution < -0.4 is 0 Å². The van der Waals surface area contributed by atoms with E-state index in [1.54, 1.807) is 0 Å². The Kier molecular flexibility index (Phi) is 289. The molecular weight excluding hydrogens is 592 g/mol. The van der Waals surface area contributed by atoms with Crippen molar-refractivity contribution < 1.29 is 26.2 Å². The van der Waals surface area contributed by atoms with Crippen LogP contribution in [0.1, 0.15) is 6.42 Å². The van der Waals surface area contributed by atoms with Gasteiger partial charge in [-0.1, -0.05) is 0 Å². The largest absolute Gasteiger partial charge is 0.358 e. The average molecular weight is 615 g/mol. The Morgan fingerprint density at radius 1 is 0.786 bits per heavy atom. The molecule has 0 N–H and O–H groups in total. The molecule has 14 heavy (non-hydrogen) atoms. The predicted octanol–water partition coefficient (Wildman–Crippen LogP) is 5.41. The van der Waals surface area contributed by atoms with Gasteiger partial charge in [0.2, 0.25) is 0 Å². The molecule has 0 nitrogen and oxygen atoms in total. The van der Waals surface area contributed by atoms with Gasteiger partial charge in [0.15, 0.2) is 0 Å². The molecule has 94 valence electrons. The van der Waals surface area contributed by atoms with E-state index in [0.29, 0.717) is 0 Å². The molecule has 0 atom stereocenters. The van der Waals surface area contributed by atoms with Crippen LogP contribution in [0.4, 0.5) is 0 Å². The second kappa shape index (κ2) is 57.7. The summed E-state index contributed by atoms with van der Waals surface area (Å²) in [6, 6.07) is 0. The molecule has 0 radical (unpaired) electrons. The number of hydrogen-bond acceptors (Lipinski definition) is 0. The van der Waals surface area contributed by atoms with Gasteiger partial charge >= 0.3 is 0 Å². The number of halogens is 3. The normalized spacial score (nSPS) is 6.29. The Bertz CT molecular complexity index is 73.4. The fourth-order valence-corrected chi connectivity index (χ4v) is 0.340. The Hall–Kier alpha value is 2.55. The molecule has 0 amide bonds. The maximum absolute atomic E-state index is 2.99. The van der Waals surface area contributed by atoms with Gasteiger partial charge in [0, 0.05) is 26.2 Å². The van der Waals surface area contributed by atoms with Crippen molar-refractivity contribution in [3.05, 3.63) is 61.4 Å². The van der Waals surface area contributed by atoms with Crippen molar-refractivity contribution in [3.8, 4) is 0 Å². The molecule has 0 spiro atoms. The van der Waals surface area contributed by atoms with Gasteiger partial charge in [0.05, 0.1) is 0 Å². The van der Waals surface area contributed by atoms with Crippen molar-refractivity contribution in [1.82, 2.24) is 0 Å². The third-order valence-corrected chi connectivity index (χ3v) is 0.586. The van der Waals surface area contributed by atoms with Gasteiger partial charge in [-0.05, 0) is 0 Å². The predicted molar refractivity (Wildman–Crippen MR) is 99.9 cm³/mol. The summed E-state index contributed by atoms with van der Waals surface area (Å²) in [5.74, 6) is 0. The summed E-state index contributed by atoms with van der Waals surface area (Å²) in [7, 11) is 0. The minimum atomic E-state index is 0. The summed E-state index contributed by atoms with van der Waals surface area (Å²) in [4.78, 5) is 0. The van der Waals surface area contributed by atoms with Crippen LogP contribution in [0.3, 0.4) is 0 Å². The number of hydrogen-bond donors (Lipinski definition) is 0. The molecule has 0 aliphatic heterocycles. The molecule has 1 aliphatic rings. The first-order valence-electron chi connectivity index (χ1n) is 1.72. The summed E-state index contributed by atoms with van der Waals surface area (Å²) in [6.45, 7) is 0. The van der Waals surface area contributed by atoms with Crippen molar-refractivity contribution in [1.29, 1.82) is 0 Å². The van der Waals surface area contributed by atoms with Crippen LogP contribution >= 0.6 is 71.9 Å². The van der Waals surface area contributed by atoms with Crippen LogP contribution in [-0.4, -0.2) is 0 Å². The third kappa shape index (κ3) is 46.9. The van der Waals surface area contributed by atoms with Gasteiger partial charge in [0.1, 0.15) is 0 Å². The summed E-state index contributed by atoms with van der Waals surface area (Å²) in [5, 5.41) is 0. The summed E-state index contributed by atoms with van der Waals surface area (Å²) >= 11 is 0. The van der Waals surface area contributed by atoms with Gasteiger partial charge in [-0.15, -0.1) is 78.4 Å². The van der Waals surface area contributed by atoms with Gasteiger partial charge in [-0.2, -0.15) is 6.08 Å². The number of rotatable bonds is 0. The smallest absolute Gasteiger partial charge is 0 e. The molecule has 0 unspecified atom stereocenters. The molecule has 0 aromatic rings. The molecule has 4 heteroatoms. The third-order valence-electron chi connectivity index (χ3n) is 0.586. The van der Waals surface area contributed by atoms with Crippen LogP contribution in [0.5, 0.6) is 0 Å². The summed E-state index contributed by atoms with van der Waals surface area (Å²) < 4.78 is 0. The van der Waals surface area contributed by atoms with Crippen molar-refractivity contribution in [2.45, 2.75) is 6.42 Å². The maximum atomic E-state index is 2.99. The molecule has 0 saturated carbocycles. The Balaban J connectivity index is -0.00000000397. The van der Waals surface area contributed by atoms with Crippen LogP contribution in [-0.2, 0) is 26.2 Å². The van der Waals surface area contributed by atoms with E-state index in [0.717, 1.165) is 6.42 Å². The van der Waals surface area contributed by atoms with E-state index >= 15 is 0 Å². The fourth-order valence-electron chi connectivity index (χ4n) is 0.340. The van der Waals surface area contributed by atoms with Gasteiger partial charge in [0.25, 0.3) is 0 Å².